The van der Waals surface area contributed by atoms with E-state index in [0.29, 0.717) is 11.1 Å². The zero-order chi connectivity index (χ0) is 27.5. The van der Waals surface area contributed by atoms with Crippen LogP contribution in [0.15, 0.2) is 53.3 Å². The third kappa shape index (κ3) is 3.63. The maximum atomic E-state index is 13.7. The molecule has 0 unspecified atom stereocenters. The summed E-state index contributed by atoms with van der Waals surface area (Å²) in [4.78, 5) is 39.9. The van der Waals surface area contributed by atoms with Gasteiger partial charge in [-0.1, -0.05) is 18.2 Å². The minimum absolute atomic E-state index is 0.0770. The van der Waals surface area contributed by atoms with Gasteiger partial charge < -0.3 is 36.4 Å². The highest BCUT2D eigenvalue weighted by Gasteiger charge is 2.60. The molecule has 1 saturated carbocycles. The second-order valence-electron chi connectivity index (χ2n) is 10.3. The summed E-state index contributed by atoms with van der Waals surface area (Å²) in [7, 11) is 3.66. The fraction of sp³-hybridized carbons (Fsp3) is 0.321. The van der Waals surface area contributed by atoms with Crippen molar-refractivity contribution in [3.63, 3.8) is 0 Å². The molecular weight excluding hydrogens is 490 g/mol. The second-order valence-corrected chi connectivity index (χ2v) is 10.3. The summed E-state index contributed by atoms with van der Waals surface area (Å²) < 4.78 is 0. The number of para-hydroxylation sites is 1. The number of benzene rings is 2. The van der Waals surface area contributed by atoms with Gasteiger partial charge in [0.15, 0.2) is 11.4 Å². The Morgan fingerprint density at radius 1 is 1.13 bits per heavy atom. The molecule has 0 heterocycles. The lowest BCUT2D eigenvalue weighted by Crippen LogP contribution is -2.58. The minimum Gasteiger partial charge on any atom is -0.508 e. The number of hydrogen-bond acceptors (Lipinski definition) is 9. The predicted octanol–water partition coefficient (Wildman–Crippen LogP) is 2.10. The van der Waals surface area contributed by atoms with Crippen molar-refractivity contribution in [3.05, 3.63) is 70.0 Å². The molecule has 5 rings (SSSR count). The molecule has 38 heavy (non-hydrogen) atoms. The predicted molar refractivity (Wildman–Crippen MR) is 139 cm³/mol. The van der Waals surface area contributed by atoms with E-state index >= 15 is 0 Å². The van der Waals surface area contributed by atoms with E-state index < -0.39 is 52.0 Å². The highest BCUT2D eigenvalue weighted by Crippen LogP contribution is 2.53. The Balaban J connectivity index is 1.64. The number of aliphatic hydroxyl groups excluding tert-OH is 2. The Morgan fingerprint density at radius 2 is 1.82 bits per heavy atom. The summed E-state index contributed by atoms with van der Waals surface area (Å²) in [6.45, 7) is 0.226. The minimum atomic E-state index is -2.58. The summed E-state index contributed by atoms with van der Waals surface area (Å²) in [6, 6.07) is 11.2. The van der Waals surface area contributed by atoms with Crippen molar-refractivity contribution in [1.82, 2.24) is 0 Å². The van der Waals surface area contributed by atoms with E-state index in [1.165, 1.54) is 0 Å². The third-order valence-electron chi connectivity index (χ3n) is 7.86. The summed E-state index contributed by atoms with van der Waals surface area (Å²) in [5.74, 6) is -6.37. The van der Waals surface area contributed by atoms with E-state index in [0.717, 1.165) is 11.4 Å². The Labute approximate surface area is 218 Å². The van der Waals surface area contributed by atoms with Gasteiger partial charge in [0.1, 0.15) is 22.8 Å². The molecule has 7 N–H and O–H groups in total. The van der Waals surface area contributed by atoms with E-state index in [2.05, 4.69) is 5.32 Å². The summed E-state index contributed by atoms with van der Waals surface area (Å²) >= 11 is 0. The van der Waals surface area contributed by atoms with Crippen LogP contribution in [-0.4, -0.2) is 57.6 Å². The van der Waals surface area contributed by atoms with Gasteiger partial charge in [0.2, 0.25) is 5.78 Å². The first-order valence-corrected chi connectivity index (χ1v) is 12.3. The number of nitrogens with two attached hydrogens (primary N) is 1. The Kier molecular flexibility index (Phi) is 5.94. The number of anilines is 2. The Bertz CT molecular complexity index is 1440. The van der Waals surface area contributed by atoms with E-state index in [4.69, 9.17) is 5.73 Å². The van der Waals surface area contributed by atoms with Crippen LogP contribution in [0.25, 0.3) is 5.76 Å². The molecule has 0 bridgehead atoms. The molecule has 0 aliphatic heterocycles. The van der Waals surface area contributed by atoms with Crippen molar-refractivity contribution in [2.24, 2.45) is 17.6 Å². The number of carbonyl (C=O) groups is 3. The number of rotatable bonds is 5. The van der Waals surface area contributed by atoms with Crippen molar-refractivity contribution >= 4 is 34.6 Å². The molecule has 0 spiro atoms. The normalized spacial score (nSPS) is 24.5. The average molecular weight is 520 g/mol. The molecule has 10 heteroatoms. The van der Waals surface area contributed by atoms with Gasteiger partial charge in [0.05, 0.1) is 5.56 Å². The van der Waals surface area contributed by atoms with Crippen LogP contribution in [0.5, 0.6) is 5.75 Å². The summed E-state index contributed by atoms with van der Waals surface area (Å²) in [5, 5.41) is 48.1. The number of amides is 1. The number of fused-ring (bicyclic) bond motifs is 3. The van der Waals surface area contributed by atoms with E-state index in [1.807, 2.05) is 55.4 Å². The van der Waals surface area contributed by atoms with Crippen LogP contribution in [0.4, 0.5) is 11.4 Å². The van der Waals surface area contributed by atoms with Crippen LogP contribution in [0.1, 0.15) is 29.5 Å². The van der Waals surface area contributed by atoms with Crippen LogP contribution < -0.4 is 16.0 Å². The van der Waals surface area contributed by atoms with Crippen LogP contribution in [-0.2, 0) is 27.3 Å². The summed E-state index contributed by atoms with van der Waals surface area (Å²) in [6.07, 6.45) is -0.00638. The van der Waals surface area contributed by atoms with Crippen molar-refractivity contribution in [1.29, 1.82) is 0 Å². The van der Waals surface area contributed by atoms with Gasteiger partial charge in [-0.15, -0.1) is 0 Å². The first kappa shape index (κ1) is 25.3. The zero-order valence-electron chi connectivity index (χ0n) is 21.0. The van der Waals surface area contributed by atoms with Crippen LogP contribution in [0.3, 0.4) is 0 Å². The number of aromatic hydroxyl groups is 1. The number of Topliss-reactive ketones (excluding diaryl/α,β-unsaturated/α-hetero) is 2. The molecule has 10 nitrogen and oxygen atoms in total. The van der Waals surface area contributed by atoms with Gasteiger partial charge in [-0.25, -0.2) is 0 Å². The summed E-state index contributed by atoms with van der Waals surface area (Å²) in [5.41, 5.74) is 4.44. The topological polar surface area (TPSA) is 173 Å². The molecule has 1 amide bonds. The Morgan fingerprint density at radius 3 is 2.45 bits per heavy atom. The molecule has 0 saturated heterocycles. The lowest BCUT2D eigenvalue weighted by molar-refractivity contribution is -0.147. The second kappa shape index (κ2) is 8.91. The standard InChI is InChI=1S/C28H29N3O7/c1-31(2)18-10-14(12-30-16-6-4-3-5-7-16)23(33)21-17(18)9-13-8-15-11-19(32)22(27(29)37)26(36)28(15,38)25(35)20(13)24(21)34/h3-7,10,13,15,30,33-34,36,38H,8-9,11-12H2,1-2H3,(H2,29,37)/t13-,15+,28+/m1/s1. The molecule has 0 aromatic heterocycles. The molecule has 1 fully saturated rings. The first-order chi connectivity index (χ1) is 18.0. The number of phenolic OH excluding ortho intramolecular Hbond substituents is 1. The molecular formula is C28H29N3O7. The lowest BCUT2D eigenvalue weighted by Gasteiger charge is -2.46. The molecule has 3 atom stereocenters. The van der Waals surface area contributed by atoms with Crippen LogP contribution >= 0.6 is 0 Å². The maximum Gasteiger partial charge on any atom is 0.255 e. The molecule has 0 radical (unpaired) electrons. The van der Waals surface area contributed by atoms with Crippen LogP contribution in [0.2, 0.25) is 0 Å². The molecule has 3 aliphatic carbocycles. The number of ketones is 2. The van der Waals surface area contributed by atoms with E-state index in [-0.39, 0.29) is 42.7 Å². The van der Waals surface area contributed by atoms with Crippen molar-refractivity contribution in [3.8, 4) is 5.75 Å². The smallest absolute Gasteiger partial charge is 0.255 e. The lowest BCUT2D eigenvalue weighted by atomic mass is 9.59. The third-order valence-corrected chi connectivity index (χ3v) is 7.86. The monoisotopic (exact) mass is 519 g/mol. The molecule has 198 valence electrons. The van der Waals surface area contributed by atoms with Gasteiger partial charge in [-0.3, -0.25) is 14.4 Å². The number of primary amides is 1. The largest absolute Gasteiger partial charge is 0.508 e. The number of aliphatic hydroxyl groups is 3. The molecule has 3 aliphatic rings. The van der Waals surface area contributed by atoms with Crippen molar-refractivity contribution in [2.75, 3.05) is 24.3 Å². The quantitative estimate of drug-likeness (QED) is 0.323. The van der Waals surface area contributed by atoms with Gasteiger partial charge >= 0.3 is 0 Å². The fourth-order valence-electron chi connectivity index (χ4n) is 6.01. The number of nitrogens with one attached hydrogen (secondary N) is 1. The van der Waals surface area contributed by atoms with Crippen LogP contribution in [0, 0.1) is 11.8 Å². The first-order valence-electron chi connectivity index (χ1n) is 12.3. The van der Waals surface area contributed by atoms with E-state index in [1.54, 1.807) is 0 Å². The van der Waals surface area contributed by atoms with Gasteiger partial charge in [0, 0.05) is 55.5 Å². The Hall–Kier alpha value is -4.31. The number of phenols is 1. The molecule has 2 aromatic rings. The fourth-order valence-corrected chi connectivity index (χ4v) is 6.01. The number of carbonyl (C=O) groups excluding carboxylic acids is 3. The van der Waals surface area contributed by atoms with Crippen molar-refractivity contribution in [2.45, 2.75) is 31.4 Å². The zero-order valence-corrected chi connectivity index (χ0v) is 21.0. The van der Waals surface area contributed by atoms with Gasteiger partial charge in [-0.05, 0) is 42.5 Å². The number of hydrogen-bond donors (Lipinski definition) is 6. The highest BCUT2D eigenvalue weighted by molar-refractivity contribution is 6.22. The maximum absolute atomic E-state index is 13.7. The van der Waals surface area contributed by atoms with Gasteiger partial charge in [-0.2, -0.15) is 0 Å². The van der Waals surface area contributed by atoms with E-state index in [9.17, 15) is 34.8 Å². The van der Waals surface area contributed by atoms with Crippen molar-refractivity contribution < 1.29 is 34.8 Å². The number of nitrogens with zero attached hydrogens (tertiary/aromatic N) is 1. The molecule has 2 aromatic carbocycles. The average Bonchev–Trinajstić information content (AvgIpc) is 2.86. The van der Waals surface area contributed by atoms with Gasteiger partial charge in [0.25, 0.3) is 5.91 Å². The highest BCUT2D eigenvalue weighted by atomic mass is 16.3. The SMILES string of the molecule is CN(C)c1cc(CNc2ccccc2)c(O)c2c1C[C@H]1C[C@H]3CC(=O)C(C(N)=O)=C(O)[C@@]3(O)C(=O)C1=C2O.